The molecule has 2 aromatic rings. The molecule has 92 valence electrons. The van der Waals surface area contributed by atoms with Gasteiger partial charge in [-0.2, -0.15) is 0 Å². The lowest BCUT2D eigenvalue weighted by Crippen LogP contribution is -2.08. The third-order valence-corrected chi connectivity index (χ3v) is 2.98. The molecule has 0 aliphatic carbocycles. The minimum Gasteiger partial charge on any atom is -0.294 e. The molecule has 0 unspecified atom stereocenters. The van der Waals surface area contributed by atoms with Gasteiger partial charge < -0.3 is 0 Å². The molecule has 18 heavy (non-hydrogen) atoms. The SMILES string of the molecule is Cc1ncccc1C(=O)Cc1cccc(Cl)c1F. The van der Waals surface area contributed by atoms with Gasteiger partial charge in [-0.25, -0.2) is 4.39 Å². The third-order valence-electron chi connectivity index (χ3n) is 2.69. The fraction of sp³-hybridized carbons (Fsp3) is 0.143. The number of Topliss-reactive ketones (excluding diaryl/α,β-unsaturated/α-hetero) is 1. The number of aromatic nitrogens is 1. The van der Waals surface area contributed by atoms with Gasteiger partial charge in [0.2, 0.25) is 0 Å². The van der Waals surface area contributed by atoms with Crippen LogP contribution in [0, 0.1) is 12.7 Å². The molecule has 2 nitrogen and oxygen atoms in total. The van der Waals surface area contributed by atoms with Crippen LogP contribution >= 0.6 is 11.6 Å². The molecule has 0 amide bonds. The van der Waals surface area contributed by atoms with Crippen LogP contribution in [-0.2, 0) is 6.42 Å². The summed E-state index contributed by atoms with van der Waals surface area (Å²) in [5, 5.41) is 0.0307. The molecule has 0 saturated heterocycles. The van der Waals surface area contributed by atoms with Crippen molar-refractivity contribution < 1.29 is 9.18 Å². The van der Waals surface area contributed by atoms with E-state index in [1.165, 1.54) is 6.07 Å². The number of rotatable bonds is 3. The van der Waals surface area contributed by atoms with Gasteiger partial charge in [0.05, 0.1) is 5.02 Å². The highest BCUT2D eigenvalue weighted by atomic mass is 35.5. The number of hydrogen-bond acceptors (Lipinski definition) is 2. The van der Waals surface area contributed by atoms with Gasteiger partial charge in [0, 0.05) is 23.9 Å². The average Bonchev–Trinajstić information content (AvgIpc) is 2.35. The van der Waals surface area contributed by atoms with E-state index in [1.807, 2.05) is 0 Å². The molecular weight excluding hydrogens is 253 g/mol. The Bertz CT molecular complexity index is 598. The number of carbonyl (C=O) groups excluding carboxylic acids is 1. The molecular formula is C14H11ClFNO. The minimum absolute atomic E-state index is 0.0150. The molecule has 0 spiro atoms. The van der Waals surface area contributed by atoms with Crippen molar-refractivity contribution in [3.8, 4) is 0 Å². The van der Waals surface area contributed by atoms with Gasteiger partial charge in [0.25, 0.3) is 0 Å². The molecule has 0 atom stereocenters. The Morgan fingerprint density at radius 1 is 1.33 bits per heavy atom. The van der Waals surface area contributed by atoms with Gasteiger partial charge in [-0.1, -0.05) is 23.7 Å². The Kier molecular flexibility index (Phi) is 3.72. The summed E-state index contributed by atoms with van der Waals surface area (Å²) in [4.78, 5) is 16.1. The maximum atomic E-state index is 13.7. The van der Waals surface area contributed by atoms with Crippen molar-refractivity contribution in [1.82, 2.24) is 4.98 Å². The number of carbonyl (C=O) groups is 1. The van der Waals surface area contributed by atoms with Crippen LogP contribution in [0.5, 0.6) is 0 Å². The van der Waals surface area contributed by atoms with E-state index in [4.69, 9.17) is 11.6 Å². The molecule has 0 aliphatic heterocycles. The molecule has 1 heterocycles. The first kappa shape index (κ1) is 12.7. The maximum Gasteiger partial charge on any atom is 0.169 e. The molecule has 1 aromatic heterocycles. The Balaban J connectivity index is 2.27. The van der Waals surface area contributed by atoms with Crippen molar-refractivity contribution in [3.63, 3.8) is 0 Å². The van der Waals surface area contributed by atoms with Gasteiger partial charge in [-0.05, 0) is 30.7 Å². The molecule has 4 heteroatoms. The van der Waals surface area contributed by atoms with Gasteiger partial charge >= 0.3 is 0 Å². The van der Waals surface area contributed by atoms with Crippen molar-refractivity contribution >= 4 is 17.4 Å². The number of pyridine rings is 1. The molecule has 1 aromatic carbocycles. The van der Waals surface area contributed by atoms with E-state index >= 15 is 0 Å². The van der Waals surface area contributed by atoms with Crippen LogP contribution in [0.4, 0.5) is 4.39 Å². The van der Waals surface area contributed by atoms with E-state index in [-0.39, 0.29) is 17.2 Å². The van der Waals surface area contributed by atoms with Crippen molar-refractivity contribution in [2.45, 2.75) is 13.3 Å². The lowest BCUT2D eigenvalue weighted by atomic mass is 10.0. The van der Waals surface area contributed by atoms with Gasteiger partial charge in [-0.3, -0.25) is 9.78 Å². The summed E-state index contributed by atoms with van der Waals surface area (Å²) >= 11 is 5.68. The predicted octanol–water partition coefficient (Wildman–Crippen LogP) is 3.61. The quantitative estimate of drug-likeness (QED) is 0.792. The zero-order chi connectivity index (χ0) is 13.1. The molecule has 0 bridgehead atoms. The molecule has 0 radical (unpaired) electrons. The Morgan fingerprint density at radius 3 is 2.83 bits per heavy atom. The summed E-state index contributed by atoms with van der Waals surface area (Å²) in [6, 6.07) is 8.02. The van der Waals surface area contributed by atoms with Crippen LogP contribution in [0.15, 0.2) is 36.5 Å². The van der Waals surface area contributed by atoms with Crippen LogP contribution in [0.3, 0.4) is 0 Å². The average molecular weight is 264 g/mol. The standard InChI is InChI=1S/C14H11ClFNO/c1-9-11(5-3-7-17-9)13(18)8-10-4-2-6-12(15)14(10)16/h2-7H,8H2,1H3. The number of halogens is 2. The first-order valence-corrected chi connectivity index (χ1v) is 5.85. The van der Waals surface area contributed by atoms with Crippen molar-refractivity contribution in [1.29, 1.82) is 0 Å². The van der Waals surface area contributed by atoms with Gasteiger partial charge in [0.15, 0.2) is 5.78 Å². The van der Waals surface area contributed by atoms with Crippen LogP contribution in [0.2, 0.25) is 5.02 Å². The van der Waals surface area contributed by atoms with Crippen molar-refractivity contribution in [3.05, 3.63) is 64.2 Å². The van der Waals surface area contributed by atoms with E-state index in [9.17, 15) is 9.18 Å². The number of hydrogen-bond donors (Lipinski definition) is 0. The highest BCUT2D eigenvalue weighted by Crippen LogP contribution is 2.19. The fourth-order valence-corrected chi connectivity index (χ4v) is 1.93. The fourth-order valence-electron chi connectivity index (χ4n) is 1.73. The van der Waals surface area contributed by atoms with E-state index in [0.717, 1.165) is 0 Å². The Morgan fingerprint density at radius 2 is 2.11 bits per heavy atom. The zero-order valence-corrected chi connectivity index (χ0v) is 10.5. The molecule has 2 rings (SSSR count). The summed E-state index contributed by atoms with van der Waals surface area (Å²) in [5.74, 6) is -0.698. The monoisotopic (exact) mass is 263 g/mol. The molecule has 0 aliphatic rings. The van der Waals surface area contributed by atoms with E-state index in [2.05, 4.69) is 4.98 Å². The Labute approximate surface area is 109 Å². The second-order valence-corrected chi connectivity index (χ2v) is 4.36. The largest absolute Gasteiger partial charge is 0.294 e. The van der Waals surface area contributed by atoms with E-state index in [1.54, 1.807) is 37.4 Å². The van der Waals surface area contributed by atoms with Crippen molar-refractivity contribution in [2.75, 3.05) is 0 Å². The van der Waals surface area contributed by atoms with E-state index in [0.29, 0.717) is 16.8 Å². The maximum absolute atomic E-state index is 13.7. The molecule has 0 saturated carbocycles. The summed E-state index contributed by atoms with van der Waals surface area (Å²) in [6.45, 7) is 1.75. The normalized spacial score (nSPS) is 10.4. The Hall–Kier alpha value is -1.74. The van der Waals surface area contributed by atoms with Crippen LogP contribution < -0.4 is 0 Å². The van der Waals surface area contributed by atoms with Crippen LogP contribution in [0.1, 0.15) is 21.6 Å². The molecule has 0 fully saturated rings. The topological polar surface area (TPSA) is 30.0 Å². The summed E-state index contributed by atoms with van der Waals surface area (Å²) in [6.07, 6.45) is 1.60. The highest BCUT2D eigenvalue weighted by molar-refractivity contribution is 6.30. The number of benzene rings is 1. The van der Waals surface area contributed by atoms with Crippen LogP contribution in [0.25, 0.3) is 0 Å². The zero-order valence-electron chi connectivity index (χ0n) is 9.78. The second-order valence-electron chi connectivity index (χ2n) is 3.95. The second kappa shape index (κ2) is 5.27. The highest BCUT2D eigenvalue weighted by Gasteiger charge is 2.14. The van der Waals surface area contributed by atoms with Gasteiger partial charge in [0.1, 0.15) is 5.82 Å². The number of ketones is 1. The van der Waals surface area contributed by atoms with Gasteiger partial charge in [-0.15, -0.1) is 0 Å². The van der Waals surface area contributed by atoms with Crippen molar-refractivity contribution in [2.24, 2.45) is 0 Å². The number of aryl methyl sites for hydroxylation is 1. The predicted molar refractivity (Wildman–Crippen MR) is 68.4 cm³/mol. The lowest BCUT2D eigenvalue weighted by molar-refractivity contribution is 0.0991. The summed E-state index contributed by atoms with van der Waals surface area (Å²) in [7, 11) is 0. The third kappa shape index (κ3) is 2.57. The number of nitrogens with zero attached hydrogens (tertiary/aromatic N) is 1. The molecule has 0 N–H and O–H groups in total. The van der Waals surface area contributed by atoms with Crippen LogP contribution in [-0.4, -0.2) is 10.8 Å². The summed E-state index contributed by atoms with van der Waals surface area (Å²) in [5.41, 5.74) is 1.46. The first-order chi connectivity index (χ1) is 8.59. The first-order valence-electron chi connectivity index (χ1n) is 5.47. The summed E-state index contributed by atoms with van der Waals surface area (Å²) < 4.78 is 13.7. The smallest absolute Gasteiger partial charge is 0.169 e. The van der Waals surface area contributed by atoms with E-state index < -0.39 is 5.82 Å². The minimum atomic E-state index is -0.533. The lowest BCUT2D eigenvalue weighted by Gasteiger charge is -2.05.